The molecule has 0 bridgehead atoms. The summed E-state index contributed by atoms with van der Waals surface area (Å²) in [6.07, 6.45) is 3.96. The third-order valence-electron chi connectivity index (χ3n) is 6.31. The van der Waals surface area contributed by atoms with E-state index in [2.05, 4.69) is 42.0 Å². The van der Waals surface area contributed by atoms with Crippen molar-refractivity contribution < 1.29 is 17.8 Å². The van der Waals surface area contributed by atoms with Gasteiger partial charge in [-0.05, 0) is 60.6 Å². The topological polar surface area (TPSA) is 102 Å². The summed E-state index contributed by atoms with van der Waals surface area (Å²) in [4.78, 5) is 18.6. The number of benzene rings is 2. The SMILES string of the molecule is CC(C)(C)CN1CC=C(c2c(CCCS(=O)(=O)O)[nH]c3ccc(NC(=O)c4ccccc4)cc23)CC1. The van der Waals surface area contributed by atoms with Gasteiger partial charge in [-0.3, -0.25) is 14.2 Å². The molecule has 3 aromatic rings. The number of aromatic amines is 1. The van der Waals surface area contributed by atoms with Crippen molar-refractivity contribution in [2.24, 2.45) is 5.41 Å². The van der Waals surface area contributed by atoms with Gasteiger partial charge in [0.2, 0.25) is 0 Å². The zero-order valence-electron chi connectivity index (χ0n) is 21.2. The number of nitrogens with zero attached hydrogens (tertiary/aromatic N) is 1. The molecular formula is C28H35N3O4S. The van der Waals surface area contributed by atoms with Crippen LogP contribution in [-0.4, -0.2) is 54.1 Å². The van der Waals surface area contributed by atoms with E-state index in [1.807, 2.05) is 36.4 Å². The van der Waals surface area contributed by atoms with Crippen LogP contribution in [0.4, 0.5) is 5.69 Å². The number of anilines is 1. The van der Waals surface area contributed by atoms with Gasteiger partial charge < -0.3 is 10.3 Å². The quantitative estimate of drug-likeness (QED) is 0.354. The predicted molar refractivity (Wildman–Crippen MR) is 146 cm³/mol. The number of carbonyl (C=O) groups is 1. The van der Waals surface area contributed by atoms with Crippen molar-refractivity contribution in [2.45, 2.75) is 40.0 Å². The lowest BCUT2D eigenvalue weighted by atomic mass is 9.92. The van der Waals surface area contributed by atoms with Crippen LogP contribution in [0, 0.1) is 5.41 Å². The molecule has 3 N–H and O–H groups in total. The zero-order valence-corrected chi connectivity index (χ0v) is 22.0. The highest BCUT2D eigenvalue weighted by Crippen LogP contribution is 2.35. The molecule has 2 heterocycles. The van der Waals surface area contributed by atoms with Crippen molar-refractivity contribution in [3.63, 3.8) is 0 Å². The summed E-state index contributed by atoms with van der Waals surface area (Å²) < 4.78 is 31.8. The molecule has 36 heavy (non-hydrogen) atoms. The summed E-state index contributed by atoms with van der Waals surface area (Å²) in [5.41, 5.74) is 5.70. The first-order valence-corrected chi connectivity index (χ1v) is 14.0. The maximum atomic E-state index is 12.7. The number of aryl methyl sites for hydroxylation is 1. The Morgan fingerprint density at radius 1 is 1.14 bits per heavy atom. The number of rotatable bonds is 8. The molecule has 1 amide bonds. The molecule has 0 saturated heterocycles. The molecule has 4 rings (SSSR count). The maximum absolute atomic E-state index is 12.7. The van der Waals surface area contributed by atoms with Crippen LogP contribution in [-0.2, 0) is 16.5 Å². The van der Waals surface area contributed by atoms with Crippen molar-refractivity contribution in [1.29, 1.82) is 0 Å². The van der Waals surface area contributed by atoms with E-state index >= 15 is 0 Å². The first-order valence-electron chi connectivity index (χ1n) is 12.4. The minimum Gasteiger partial charge on any atom is -0.358 e. The summed E-state index contributed by atoms with van der Waals surface area (Å²) in [6.45, 7) is 9.54. The fraction of sp³-hybridized carbons (Fsp3) is 0.393. The summed E-state index contributed by atoms with van der Waals surface area (Å²) in [5.74, 6) is -0.450. The lowest BCUT2D eigenvalue weighted by Crippen LogP contribution is -2.35. The number of nitrogens with one attached hydrogen (secondary N) is 2. The molecule has 7 nitrogen and oxygen atoms in total. The van der Waals surface area contributed by atoms with E-state index in [9.17, 15) is 17.8 Å². The largest absolute Gasteiger partial charge is 0.358 e. The van der Waals surface area contributed by atoms with E-state index in [1.165, 1.54) is 5.57 Å². The van der Waals surface area contributed by atoms with Gasteiger partial charge in [0.05, 0.1) is 5.75 Å². The second-order valence-corrected chi connectivity index (χ2v) is 12.3. The number of carbonyl (C=O) groups excluding carboxylic acids is 1. The van der Waals surface area contributed by atoms with Crippen LogP contribution in [0.25, 0.3) is 16.5 Å². The van der Waals surface area contributed by atoms with E-state index in [1.54, 1.807) is 12.1 Å². The van der Waals surface area contributed by atoms with Gasteiger partial charge in [0.1, 0.15) is 0 Å². The van der Waals surface area contributed by atoms with Crippen LogP contribution in [0.1, 0.15) is 55.2 Å². The Bertz CT molecular complexity index is 1370. The molecule has 2 aromatic carbocycles. The highest BCUT2D eigenvalue weighted by Gasteiger charge is 2.23. The van der Waals surface area contributed by atoms with Crippen LogP contribution >= 0.6 is 0 Å². The third-order valence-corrected chi connectivity index (χ3v) is 7.12. The summed E-state index contributed by atoms with van der Waals surface area (Å²) in [5, 5.41) is 3.99. The molecule has 0 fully saturated rings. The third kappa shape index (κ3) is 6.84. The van der Waals surface area contributed by atoms with E-state index in [4.69, 9.17) is 0 Å². The number of hydrogen-bond acceptors (Lipinski definition) is 4. The molecular weight excluding hydrogens is 474 g/mol. The average Bonchev–Trinajstić information content (AvgIpc) is 3.16. The average molecular weight is 510 g/mol. The molecule has 1 aromatic heterocycles. The predicted octanol–water partition coefficient (Wildman–Crippen LogP) is 5.38. The molecule has 0 atom stereocenters. The second kappa shape index (κ2) is 10.6. The standard InChI is InChI=1S/C28H35N3O4S/c1-28(2,3)19-31-15-13-20(14-16-31)26-23-18-22(29-27(32)21-8-5-4-6-9-21)11-12-24(23)30-25(26)10-7-17-36(33,34)35/h4-6,8-9,11-13,18,30H,7,10,14-17,19H2,1-3H3,(H,29,32)(H,33,34,35). The zero-order chi connectivity index (χ0) is 25.9. The molecule has 192 valence electrons. The normalized spacial score (nSPS) is 15.2. The van der Waals surface area contributed by atoms with Crippen molar-refractivity contribution in [3.05, 3.63) is 71.4 Å². The molecule has 1 aliphatic heterocycles. The molecule has 0 radical (unpaired) electrons. The van der Waals surface area contributed by atoms with Gasteiger partial charge in [0.25, 0.3) is 16.0 Å². The lowest BCUT2D eigenvalue weighted by Gasteiger charge is -2.32. The van der Waals surface area contributed by atoms with Gasteiger partial charge in [-0.15, -0.1) is 0 Å². The molecule has 0 spiro atoms. The number of aromatic nitrogens is 1. The maximum Gasteiger partial charge on any atom is 0.264 e. The Hall–Kier alpha value is -2.94. The van der Waals surface area contributed by atoms with Crippen LogP contribution in [0.15, 0.2) is 54.6 Å². The summed E-state index contributed by atoms with van der Waals surface area (Å²) in [6, 6.07) is 14.9. The van der Waals surface area contributed by atoms with Gasteiger partial charge in [0, 0.05) is 53.0 Å². The van der Waals surface area contributed by atoms with E-state index in [0.29, 0.717) is 24.1 Å². The first-order chi connectivity index (χ1) is 17.0. The highest BCUT2D eigenvalue weighted by atomic mass is 32.2. The Labute approximate surface area is 213 Å². The first kappa shape index (κ1) is 26.1. The van der Waals surface area contributed by atoms with Gasteiger partial charge in [0.15, 0.2) is 0 Å². The molecule has 1 aliphatic rings. The molecule has 0 saturated carbocycles. The van der Waals surface area contributed by atoms with Crippen molar-refractivity contribution in [1.82, 2.24) is 9.88 Å². The van der Waals surface area contributed by atoms with E-state index < -0.39 is 10.1 Å². The molecule has 0 aliphatic carbocycles. The Kier molecular flexibility index (Phi) is 7.68. The molecule has 8 heteroatoms. The lowest BCUT2D eigenvalue weighted by molar-refractivity contribution is 0.102. The van der Waals surface area contributed by atoms with Gasteiger partial charge in [-0.2, -0.15) is 8.42 Å². The number of fused-ring (bicyclic) bond motifs is 1. The number of hydrogen-bond donors (Lipinski definition) is 3. The monoisotopic (exact) mass is 509 g/mol. The van der Waals surface area contributed by atoms with Crippen LogP contribution in [0.2, 0.25) is 0 Å². The van der Waals surface area contributed by atoms with Gasteiger partial charge >= 0.3 is 0 Å². The van der Waals surface area contributed by atoms with Crippen LogP contribution < -0.4 is 5.32 Å². The number of amides is 1. The minimum absolute atomic E-state index is 0.171. The Morgan fingerprint density at radius 3 is 2.53 bits per heavy atom. The number of H-pyrrole nitrogens is 1. The Morgan fingerprint density at radius 2 is 1.89 bits per heavy atom. The van der Waals surface area contributed by atoms with Gasteiger partial charge in [-0.1, -0.05) is 45.0 Å². The summed E-state index contributed by atoms with van der Waals surface area (Å²) >= 11 is 0. The fourth-order valence-corrected chi connectivity index (χ4v) is 5.37. The van der Waals surface area contributed by atoms with Crippen LogP contribution in [0.5, 0.6) is 0 Å². The highest BCUT2D eigenvalue weighted by molar-refractivity contribution is 7.85. The van der Waals surface area contributed by atoms with Crippen molar-refractivity contribution in [3.8, 4) is 0 Å². The fourth-order valence-electron chi connectivity index (χ4n) is 4.86. The second-order valence-electron chi connectivity index (χ2n) is 10.7. The minimum atomic E-state index is -4.02. The summed E-state index contributed by atoms with van der Waals surface area (Å²) in [7, 11) is -4.02. The van der Waals surface area contributed by atoms with Crippen molar-refractivity contribution in [2.75, 3.05) is 30.7 Å². The van der Waals surface area contributed by atoms with E-state index in [-0.39, 0.29) is 17.1 Å². The molecule has 0 unspecified atom stereocenters. The van der Waals surface area contributed by atoms with Crippen molar-refractivity contribution >= 4 is 38.2 Å². The van der Waals surface area contributed by atoms with Crippen LogP contribution in [0.3, 0.4) is 0 Å². The van der Waals surface area contributed by atoms with E-state index in [0.717, 1.165) is 48.2 Å². The Balaban J connectivity index is 1.65. The van der Waals surface area contributed by atoms with Gasteiger partial charge in [-0.25, -0.2) is 0 Å². The smallest absolute Gasteiger partial charge is 0.264 e.